The summed E-state index contributed by atoms with van der Waals surface area (Å²) in [5.41, 5.74) is 1.31. The molecule has 0 aliphatic rings. The maximum Gasteiger partial charge on any atom is 0.236 e. The van der Waals surface area contributed by atoms with Crippen molar-refractivity contribution in [3.8, 4) is 11.3 Å². The van der Waals surface area contributed by atoms with Crippen LogP contribution in [0, 0.1) is 10.1 Å². The van der Waals surface area contributed by atoms with Crippen LogP contribution in [0.2, 0.25) is 0 Å². The highest BCUT2D eigenvalue weighted by atomic mass is 16.6. The van der Waals surface area contributed by atoms with Gasteiger partial charge in [-0.15, -0.1) is 0 Å². The lowest BCUT2D eigenvalue weighted by atomic mass is 10.2. The van der Waals surface area contributed by atoms with E-state index in [0.29, 0.717) is 11.5 Å². The van der Waals surface area contributed by atoms with Gasteiger partial charge in [0, 0.05) is 17.7 Å². The predicted octanol–water partition coefficient (Wildman–Crippen LogP) is 2.59. The molecule has 0 bridgehead atoms. The summed E-state index contributed by atoms with van der Waals surface area (Å²) in [5, 5.41) is 13.8. The number of rotatable bonds is 3. The molecule has 80 valence electrons. The fraction of sp³-hybridized carbons (Fsp3) is 0. The van der Waals surface area contributed by atoms with Crippen molar-refractivity contribution in [1.82, 2.24) is 5.16 Å². The second-order valence-corrected chi connectivity index (χ2v) is 3.08. The van der Waals surface area contributed by atoms with Crippen LogP contribution in [0.1, 0.15) is 5.69 Å². The van der Waals surface area contributed by atoms with Gasteiger partial charge in [-0.3, -0.25) is 10.1 Å². The molecule has 16 heavy (non-hydrogen) atoms. The van der Waals surface area contributed by atoms with Gasteiger partial charge in [0.1, 0.15) is 5.69 Å². The average molecular weight is 216 g/mol. The van der Waals surface area contributed by atoms with Gasteiger partial charge in [-0.25, -0.2) is 0 Å². The minimum Gasteiger partial charge on any atom is -0.356 e. The molecule has 0 aliphatic carbocycles. The van der Waals surface area contributed by atoms with E-state index in [9.17, 15) is 10.1 Å². The van der Waals surface area contributed by atoms with Crippen LogP contribution in [-0.4, -0.2) is 10.1 Å². The number of nitro groups is 1. The maximum atomic E-state index is 10.1. The summed E-state index contributed by atoms with van der Waals surface area (Å²) in [6.45, 7) is 0. The number of nitrogens with zero attached hydrogens (tertiary/aromatic N) is 2. The van der Waals surface area contributed by atoms with Crippen molar-refractivity contribution < 1.29 is 9.45 Å². The van der Waals surface area contributed by atoms with Crippen LogP contribution in [0.4, 0.5) is 0 Å². The monoisotopic (exact) mass is 216 g/mol. The molecular formula is C11H8N2O3. The molecule has 0 N–H and O–H groups in total. The Morgan fingerprint density at radius 3 is 2.75 bits per heavy atom. The average Bonchev–Trinajstić information content (AvgIpc) is 2.76. The molecule has 0 saturated heterocycles. The SMILES string of the molecule is O=[N+]([O-])/C=C/c1cc(-c2ccccc2)on1. The molecule has 0 saturated carbocycles. The lowest BCUT2D eigenvalue weighted by Crippen LogP contribution is -1.81. The first-order valence-corrected chi connectivity index (χ1v) is 4.59. The van der Waals surface area contributed by atoms with Crippen molar-refractivity contribution >= 4 is 6.08 Å². The van der Waals surface area contributed by atoms with Crippen molar-refractivity contribution in [2.24, 2.45) is 0 Å². The van der Waals surface area contributed by atoms with Crippen LogP contribution >= 0.6 is 0 Å². The van der Waals surface area contributed by atoms with Gasteiger partial charge in [0.05, 0.1) is 4.92 Å². The molecule has 1 heterocycles. The van der Waals surface area contributed by atoms with E-state index in [1.165, 1.54) is 6.08 Å². The summed E-state index contributed by atoms with van der Waals surface area (Å²) in [6.07, 6.45) is 2.11. The first kappa shape index (κ1) is 10.1. The van der Waals surface area contributed by atoms with Gasteiger partial charge >= 0.3 is 0 Å². The summed E-state index contributed by atoms with van der Waals surface area (Å²) < 4.78 is 5.06. The van der Waals surface area contributed by atoms with Crippen LogP contribution in [0.3, 0.4) is 0 Å². The quantitative estimate of drug-likeness (QED) is 0.584. The first-order chi connectivity index (χ1) is 7.75. The van der Waals surface area contributed by atoms with Gasteiger partial charge in [0.25, 0.3) is 0 Å². The molecule has 0 aliphatic heterocycles. The Bertz CT molecular complexity index is 517. The molecule has 0 spiro atoms. The third-order valence-corrected chi connectivity index (χ3v) is 1.95. The van der Waals surface area contributed by atoms with E-state index in [1.807, 2.05) is 30.3 Å². The third kappa shape index (κ3) is 2.33. The van der Waals surface area contributed by atoms with E-state index < -0.39 is 4.92 Å². The van der Waals surface area contributed by atoms with Gasteiger partial charge in [-0.1, -0.05) is 35.5 Å². The molecule has 0 atom stereocenters. The van der Waals surface area contributed by atoms with Crippen molar-refractivity contribution in [2.45, 2.75) is 0 Å². The van der Waals surface area contributed by atoms with E-state index in [1.54, 1.807) is 6.07 Å². The van der Waals surface area contributed by atoms with Gasteiger partial charge in [0.2, 0.25) is 6.20 Å². The second-order valence-electron chi connectivity index (χ2n) is 3.08. The van der Waals surface area contributed by atoms with E-state index in [2.05, 4.69) is 5.16 Å². The molecule has 1 aromatic heterocycles. The highest BCUT2D eigenvalue weighted by Crippen LogP contribution is 2.19. The van der Waals surface area contributed by atoms with Crippen molar-refractivity contribution in [3.05, 3.63) is 58.4 Å². The predicted molar refractivity (Wildman–Crippen MR) is 58.0 cm³/mol. The Kier molecular flexibility index (Phi) is 2.77. The number of hydrogen-bond donors (Lipinski definition) is 0. The van der Waals surface area contributed by atoms with Gasteiger partial charge in [-0.05, 0) is 0 Å². The van der Waals surface area contributed by atoms with E-state index in [0.717, 1.165) is 11.8 Å². The normalized spacial score (nSPS) is 10.8. The number of benzene rings is 1. The summed E-state index contributed by atoms with van der Waals surface area (Å²) in [5.74, 6) is 0.587. The Morgan fingerprint density at radius 2 is 2.06 bits per heavy atom. The maximum absolute atomic E-state index is 10.1. The molecule has 0 radical (unpaired) electrons. The summed E-state index contributed by atoms with van der Waals surface area (Å²) in [4.78, 5) is 9.57. The van der Waals surface area contributed by atoms with E-state index in [-0.39, 0.29) is 0 Å². The molecule has 0 fully saturated rings. The Balaban J connectivity index is 2.23. The van der Waals surface area contributed by atoms with Gasteiger partial charge in [0.15, 0.2) is 5.76 Å². The zero-order valence-electron chi connectivity index (χ0n) is 8.24. The van der Waals surface area contributed by atoms with Crippen molar-refractivity contribution in [1.29, 1.82) is 0 Å². The van der Waals surface area contributed by atoms with E-state index in [4.69, 9.17) is 4.52 Å². The Hall–Kier alpha value is -2.43. The number of aromatic nitrogens is 1. The summed E-state index contributed by atoms with van der Waals surface area (Å²) >= 11 is 0. The molecule has 0 amide bonds. The van der Waals surface area contributed by atoms with Crippen LogP contribution in [-0.2, 0) is 0 Å². The fourth-order valence-corrected chi connectivity index (χ4v) is 1.24. The fourth-order valence-electron chi connectivity index (χ4n) is 1.24. The van der Waals surface area contributed by atoms with Gasteiger partial charge < -0.3 is 4.52 Å². The zero-order valence-corrected chi connectivity index (χ0v) is 8.24. The zero-order chi connectivity index (χ0) is 11.4. The molecule has 2 aromatic rings. The second kappa shape index (κ2) is 4.39. The summed E-state index contributed by atoms with van der Waals surface area (Å²) in [7, 11) is 0. The molecular weight excluding hydrogens is 208 g/mol. The lowest BCUT2D eigenvalue weighted by Gasteiger charge is -1.91. The lowest BCUT2D eigenvalue weighted by molar-refractivity contribution is -0.401. The Morgan fingerprint density at radius 1 is 1.31 bits per heavy atom. The minimum atomic E-state index is -0.545. The van der Waals surface area contributed by atoms with Crippen LogP contribution < -0.4 is 0 Å². The van der Waals surface area contributed by atoms with Crippen LogP contribution in [0.25, 0.3) is 17.4 Å². The standard InChI is InChI=1S/C11H8N2O3/c14-13(15)7-6-10-8-11(16-12-10)9-4-2-1-3-5-9/h1-8H/b7-6+. The van der Waals surface area contributed by atoms with Crippen LogP contribution in [0.15, 0.2) is 47.1 Å². The molecule has 5 heteroatoms. The molecule has 5 nitrogen and oxygen atoms in total. The Labute approximate surface area is 91.1 Å². The van der Waals surface area contributed by atoms with Crippen LogP contribution in [0.5, 0.6) is 0 Å². The molecule has 2 rings (SSSR count). The highest BCUT2D eigenvalue weighted by Gasteiger charge is 2.04. The number of hydrogen-bond acceptors (Lipinski definition) is 4. The first-order valence-electron chi connectivity index (χ1n) is 4.59. The van der Waals surface area contributed by atoms with Crippen molar-refractivity contribution in [3.63, 3.8) is 0 Å². The van der Waals surface area contributed by atoms with Crippen molar-refractivity contribution in [2.75, 3.05) is 0 Å². The van der Waals surface area contributed by atoms with E-state index >= 15 is 0 Å². The molecule has 1 aromatic carbocycles. The highest BCUT2D eigenvalue weighted by molar-refractivity contribution is 5.60. The largest absolute Gasteiger partial charge is 0.356 e. The topological polar surface area (TPSA) is 69.2 Å². The minimum absolute atomic E-state index is 0.426. The smallest absolute Gasteiger partial charge is 0.236 e. The molecule has 0 unspecified atom stereocenters. The van der Waals surface area contributed by atoms with Gasteiger partial charge in [-0.2, -0.15) is 0 Å². The third-order valence-electron chi connectivity index (χ3n) is 1.95. The summed E-state index contributed by atoms with van der Waals surface area (Å²) in [6, 6.07) is 11.1.